The second-order valence-corrected chi connectivity index (χ2v) is 8.94. The van der Waals surface area contributed by atoms with Gasteiger partial charge in [-0.3, -0.25) is 9.59 Å². The molecule has 9 nitrogen and oxygen atoms in total. The van der Waals surface area contributed by atoms with Gasteiger partial charge in [-0.1, -0.05) is 18.0 Å². The van der Waals surface area contributed by atoms with Crippen molar-refractivity contribution in [1.29, 1.82) is 0 Å². The molecule has 1 amide bonds. The van der Waals surface area contributed by atoms with E-state index >= 15 is 0 Å². The monoisotopic (exact) mass is 385 g/mol. The summed E-state index contributed by atoms with van der Waals surface area (Å²) in [4.78, 5) is 24.0. The topological polar surface area (TPSA) is 139 Å². The number of nitrogens with zero attached hydrogens (tertiary/aromatic N) is 1. The lowest BCUT2D eigenvalue weighted by molar-refractivity contribution is -0.143. The van der Waals surface area contributed by atoms with Crippen LogP contribution in [0.3, 0.4) is 0 Å². The smallest absolute Gasteiger partial charge is 0.311 e. The number of hydrogen-bond acceptors (Lipinski definition) is 6. The summed E-state index contributed by atoms with van der Waals surface area (Å²) < 4.78 is 33.2. The second-order valence-electron chi connectivity index (χ2n) is 7.32. The maximum absolute atomic E-state index is 12.8. The third-order valence-corrected chi connectivity index (χ3v) is 7.13. The number of carboxylic acids is 1. The van der Waals surface area contributed by atoms with Gasteiger partial charge in [0.25, 0.3) is 0 Å². The number of aromatic nitrogens is 1. The molecule has 1 heterocycles. The Balaban J connectivity index is 1.80. The maximum atomic E-state index is 12.8. The Morgan fingerprint density at radius 2 is 1.81 bits per heavy atom. The molecular weight excluding hydrogens is 362 g/mol. The molecule has 0 saturated heterocycles. The van der Waals surface area contributed by atoms with Crippen molar-refractivity contribution in [2.24, 2.45) is 5.41 Å². The minimum absolute atomic E-state index is 0.00989. The van der Waals surface area contributed by atoms with Crippen molar-refractivity contribution in [3.8, 4) is 0 Å². The van der Waals surface area contributed by atoms with E-state index in [2.05, 4.69) is 15.2 Å². The van der Waals surface area contributed by atoms with Crippen molar-refractivity contribution in [1.82, 2.24) is 15.2 Å². The number of carboxylic acid groups (broad SMARTS) is 1. The Hall–Kier alpha value is -1.94. The Morgan fingerprint density at radius 1 is 1.19 bits per heavy atom. The molecule has 3 N–H and O–H groups in total. The molecule has 2 saturated carbocycles. The fraction of sp³-hybridized carbons (Fsp3) is 0.688. The van der Waals surface area contributed by atoms with Crippen molar-refractivity contribution in [2.45, 2.75) is 62.8 Å². The van der Waals surface area contributed by atoms with Crippen LogP contribution in [-0.2, 0) is 19.6 Å². The molecule has 0 radical (unpaired) electrons. The van der Waals surface area contributed by atoms with Crippen LogP contribution in [-0.4, -0.2) is 42.6 Å². The van der Waals surface area contributed by atoms with Crippen LogP contribution < -0.4 is 10.0 Å². The first-order valence-electron chi connectivity index (χ1n) is 8.61. The Morgan fingerprint density at radius 3 is 2.27 bits per heavy atom. The summed E-state index contributed by atoms with van der Waals surface area (Å²) in [6, 6.07) is 0. The number of carbonyl (C=O) groups is 2. The Labute approximate surface area is 151 Å². The van der Waals surface area contributed by atoms with Gasteiger partial charge in [0.2, 0.25) is 15.9 Å². The molecule has 2 aliphatic rings. The average Bonchev–Trinajstić information content (AvgIpc) is 3.08. The van der Waals surface area contributed by atoms with Gasteiger partial charge in [-0.15, -0.1) is 0 Å². The summed E-state index contributed by atoms with van der Waals surface area (Å²) >= 11 is 0. The van der Waals surface area contributed by atoms with E-state index in [1.165, 1.54) is 13.8 Å². The van der Waals surface area contributed by atoms with E-state index in [9.17, 15) is 23.1 Å². The maximum Gasteiger partial charge on any atom is 0.311 e. The molecular formula is C16H23N3O6S. The van der Waals surface area contributed by atoms with Gasteiger partial charge in [0.15, 0.2) is 5.76 Å². The predicted octanol–water partition coefficient (Wildman–Crippen LogP) is 0.864. The van der Waals surface area contributed by atoms with Crippen LogP contribution in [0.2, 0.25) is 0 Å². The molecule has 0 aromatic carbocycles. The fourth-order valence-electron chi connectivity index (χ4n) is 3.56. The molecule has 0 spiro atoms. The fourth-order valence-corrected chi connectivity index (χ4v) is 5.31. The first kappa shape index (κ1) is 18.8. The second kappa shape index (κ2) is 6.34. The van der Waals surface area contributed by atoms with Crippen LogP contribution in [0.5, 0.6) is 0 Å². The number of aryl methyl sites for hydroxylation is 2. The van der Waals surface area contributed by atoms with Crippen molar-refractivity contribution < 1.29 is 27.6 Å². The molecule has 2 fully saturated rings. The highest BCUT2D eigenvalue weighted by atomic mass is 32.2. The van der Waals surface area contributed by atoms with Crippen molar-refractivity contribution in [3.63, 3.8) is 0 Å². The molecule has 3 rings (SSSR count). The van der Waals surface area contributed by atoms with Crippen LogP contribution in [0.4, 0.5) is 0 Å². The summed E-state index contributed by atoms with van der Waals surface area (Å²) in [5.41, 5.74) is -1.95. The number of rotatable bonds is 7. The van der Waals surface area contributed by atoms with Crippen molar-refractivity contribution >= 4 is 21.9 Å². The lowest BCUT2D eigenvalue weighted by Gasteiger charge is -2.29. The number of carbonyl (C=O) groups excluding carboxylic acids is 1. The number of amides is 1. The van der Waals surface area contributed by atoms with E-state index in [-0.39, 0.29) is 22.9 Å². The van der Waals surface area contributed by atoms with E-state index in [1.807, 2.05) is 0 Å². The van der Waals surface area contributed by atoms with Gasteiger partial charge in [0.05, 0.1) is 5.41 Å². The van der Waals surface area contributed by atoms with E-state index < -0.39 is 32.9 Å². The zero-order valence-electron chi connectivity index (χ0n) is 14.8. The van der Waals surface area contributed by atoms with Crippen LogP contribution in [0.1, 0.15) is 50.0 Å². The molecule has 144 valence electrons. The van der Waals surface area contributed by atoms with Gasteiger partial charge in [0, 0.05) is 6.54 Å². The van der Waals surface area contributed by atoms with Gasteiger partial charge < -0.3 is 14.9 Å². The summed E-state index contributed by atoms with van der Waals surface area (Å²) in [7, 11) is -4.00. The lowest BCUT2D eigenvalue weighted by atomic mass is 9.97. The normalized spacial score (nSPS) is 20.7. The molecule has 0 unspecified atom stereocenters. The molecule has 1 aromatic heterocycles. The van der Waals surface area contributed by atoms with Gasteiger partial charge >= 0.3 is 5.97 Å². The predicted molar refractivity (Wildman–Crippen MR) is 89.8 cm³/mol. The number of hydrogen-bond donors (Lipinski definition) is 3. The number of sulfonamides is 1. The third kappa shape index (κ3) is 3.23. The van der Waals surface area contributed by atoms with Gasteiger partial charge in [-0.05, 0) is 39.5 Å². The summed E-state index contributed by atoms with van der Waals surface area (Å²) in [5, 5.41) is 15.6. The van der Waals surface area contributed by atoms with Crippen LogP contribution >= 0.6 is 0 Å². The van der Waals surface area contributed by atoms with Gasteiger partial charge in [0.1, 0.15) is 16.1 Å². The quantitative estimate of drug-likeness (QED) is 0.633. The summed E-state index contributed by atoms with van der Waals surface area (Å²) in [6.45, 7) is 3.03. The summed E-state index contributed by atoms with van der Waals surface area (Å²) in [6.07, 6.45) is 3.17. The van der Waals surface area contributed by atoms with Gasteiger partial charge in [-0.25, -0.2) is 8.42 Å². The average molecular weight is 385 g/mol. The minimum Gasteiger partial charge on any atom is -0.481 e. The molecule has 0 bridgehead atoms. The number of aliphatic carboxylic acids is 1. The van der Waals surface area contributed by atoms with E-state index in [4.69, 9.17) is 4.52 Å². The Kier molecular flexibility index (Phi) is 4.60. The minimum atomic E-state index is -4.00. The third-order valence-electron chi connectivity index (χ3n) is 5.35. The van der Waals surface area contributed by atoms with E-state index in [1.54, 1.807) is 0 Å². The highest BCUT2D eigenvalue weighted by Gasteiger charge is 2.52. The molecule has 26 heavy (non-hydrogen) atoms. The largest absolute Gasteiger partial charge is 0.481 e. The molecule has 0 aliphatic heterocycles. The molecule has 2 aliphatic carbocycles. The zero-order valence-corrected chi connectivity index (χ0v) is 15.6. The van der Waals surface area contributed by atoms with Crippen LogP contribution in [0, 0.1) is 19.3 Å². The molecule has 1 aromatic rings. The Bertz CT molecular complexity index is 815. The zero-order chi connectivity index (χ0) is 19.2. The highest BCUT2D eigenvalue weighted by Crippen LogP contribution is 2.45. The SMILES string of the molecule is Cc1noc(C)c1S(=O)(=O)NC1(C(=O)NCC2(C(=O)O)CC2)CCCC1. The standard InChI is InChI=1S/C16H23N3O6S/c1-10-12(11(2)25-18-10)26(23,24)19-16(5-3-4-6-16)13(20)17-9-15(7-8-15)14(21)22/h19H,3-9H2,1-2H3,(H,17,20)(H,21,22). The number of nitrogens with one attached hydrogen (secondary N) is 2. The van der Waals surface area contributed by atoms with Crippen molar-refractivity contribution in [2.75, 3.05) is 6.54 Å². The van der Waals surface area contributed by atoms with Crippen molar-refractivity contribution in [3.05, 3.63) is 11.5 Å². The molecule has 0 atom stereocenters. The van der Waals surface area contributed by atoms with E-state index in [0.29, 0.717) is 38.5 Å². The first-order chi connectivity index (χ1) is 12.1. The first-order valence-corrected chi connectivity index (χ1v) is 10.1. The van der Waals surface area contributed by atoms with Crippen LogP contribution in [0.15, 0.2) is 9.42 Å². The van der Waals surface area contributed by atoms with Gasteiger partial charge in [-0.2, -0.15) is 4.72 Å². The van der Waals surface area contributed by atoms with E-state index in [0.717, 1.165) is 0 Å². The highest BCUT2D eigenvalue weighted by molar-refractivity contribution is 7.89. The lowest BCUT2D eigenvalue weighted by Crippen LogP contribution is -2.58. The van der Waals surface area contributed by atoms with Crippen LogP contribution in [0.25, 0.3) is 0 Å². The molecule has 10 heteroatoms. The summed E-state index contributed by atoms with van der Waals surface area (Å²) in [5.74, 6) is -1.25.